The number of hydrogen-bond acceptors (Lipinski definition) is 6. The molecule has 0 radical (unpaired) electrons. The highest BCUT2D eigenvalue weighted by molar-refractivity contribution is 5.94. The molecule has 0 aromatic rings. The van der Waals surface area contributed by atoms with Crippen molar-refractivity contribution in [1.82, 2.24) is 25.3 Å². The van der Waals surface area contributed by atoms with E-state index in [9.17, 15) is 14.4 Å². The molecule has 0 aromatic carbocycles. The van der Waals surface area contributed by atoms with Gasteiger partial charge in [0.15, 0.2) is 0 Å². The Bertz CT molecular complexity index is 627. The molecule has 1 saturated carbocycles. The van der Waals surface area contributed by atoms with Gasteiger partial charge in [0.1, 0.15) is 17.1 Å². The van der Waals surface area contributed by atoms with Gasteiger partial charge in [-0.05, 0) is 31.6 Å². The Hall–Kier alpha value is -2.45. The molecule has 3 rings (SSSR count). The van der Waals surface area contributed by atoms with Gasteiger partial charge in [-0.2, -0.15) is 0 Å². The van der Waals surface area contributed by atoms with Crippen molar-refractivity contribution >= 4 is 18.4 Å². The fraction of sp³-hybridized carbons (Fsp3) is 0.706. The maximum atomic E-state index is 12.9. The molecule has 2 N–H and O–H groups in total. The van der Waals surface area contributed by atoms with Crippen molar-refractivity contribution in [3.05, 3.63) is 11.5 Å². The third-order valence-electron chi connectivity index (χ3n) is 5.56. The Kier molecular flexibility index (Phi) is 4.97. The first-order valence-corrected chi connectivity index (χ1v) is 8.95. The molecule has 26 heavy (non-hydrogen) atoms. The lowest BCUT2D eigenvalue weighted by atomic mass is 9.78. The number of rotatable bonds is 5. The fourth-order valence-electron chi connectivity index (χ4n) is 3.96. The van der Waals surface area contributed by atoms with Crippen LogP contribution in [0.4, 0.5) is 4.79 Å². The van der Waals surface area contributed by atoms with Crippen LogP contribution in [0.25, 0.3) is 0 Å². The molecule has 9 heteroatoms. The van der Waals surface area contributed by atoms with Crippen molar-refractivity contribution in [2.24, 2.45) is 5.92 Å². The van der Waals surface area contributed by atoms with E-state index in [2.05, 4.69) is 10.6 Å². The number of nitrogens with one attached hydrogen (secondary N) is 2. The van der Waals surface area contributed by atoms with Crippen LogP contribution in [-0.2, 0) is 14.3 Å². The average molecular weight is 365 g/mol. The second-order valence-electron chi connectivity index (χ2n) is 7.50. The summed E-state index contributed by atoms with van der Waals surface area (Å²) in [5.41, 5.74) is 0.150. The number of alkyl carbamates (subject to hydrolysis) is 1. The molecule has 2 aliphatic heterocycles. The summed E-state index contributed by atoms with van der Waals surface area (Å²) in [6.07, 6.45) is 3.84. The summed E-state index contributed by atoms with van der Waals surface area (Å²) in [4.78, 5) is 40.2. The molecule has 1 aliphatic carbocycles. The maximum absolute atomic E-state index is 12.9. The van der Waals surface area contributed by atoms with E-state index < -0.39 is 0 Å². The van der Waals surface area contributed by atoms with Crippen LogP contribution in [0.15, 0.2) is 11.5 Å². The number of hydrogen-bond donors (Lipinski definition) is 2. The number of likely N-dealkylation sites (N-methyl/N-ethyl adjacent to an activating group) is 2. The predicted octanol–water partition coefficient (Wildman–Crippen LogP) is -0.137. The first kappa shape index (κ1) is 18.3. The van der Waals surface area contributed by atoms with Gasteiger partial charge in [-0.15, -0.1) is 0 Å². The number of carbonyl (C=O) groups excluding carboxylic acids is 3. The molecule has 0 bridgehead atoms. The number of amides is 3. The Labute approximate surface area is 153 Å². The van der Waals surface area contributed by atoms with Gasteiger partial charge < -0.3 is 30.1 Å². The fourth-order valence-corrected chi connectivity index (χ4v) is 3.96. The summed E-state index contributed by atoms with van der Waals surface area (Å²) < 4.78 is 5.45. The average Bonchev–Trinajstić information content (AvgIpc) is 3.19. The molecule has 0 unspecified atom stereocenters. The lowest BCUT2D eigenvalue weighted by Gasteiger charge is -2.36. The van der Waals surface area contributed by atoms with E-state index in [1.807, 2.05) is 11.9 Å². The molecular formula is C17H27N5O4. The highest BCUT2D eigenvalue weighted by Gasteiger charge is 2.43. The summed E-state index contributed by atoms with van der Waals surface area (Å²) in [6, 6.07) is 0. The quantitative estimate of drug-likeness (QED) is 0.659. The smallest absolute Gasteiger partial charge is 0.407 e. The van der Waals surface area contributed by atoms with Gasteiger partial charge in [-0.3, -0.25) is 9.59 Å². The minimum absolute atomic E-state index is 0.101. The maximum Gasteiger partial charge on any atom is 0.407 e. The molecule has 2 heterocycles. The van der Waals surface area contributed by atoms with Crippen molar-refractivity contribution in [3.8, 4) is 0 Å². The zero-order chi connectivity index (χ0) is 18.9. The highest BCUT2D eigenvalue weighted by atomic mass is 16.6. The largest absolute Gasteiger partial charge is 0.441 e. The summed E-state index contributed by atoms with van der Waals surface area (Å²) in [6.45, 7) is 1.72. The van der Waals surface area contributed by atoms with Crippen molar-refractivity contribution in [2.75, 3.05) is 40.9 Å². The van der Waals surface area contributed by atoms with Gasteiger partial charge in [0.05, 0.1) is 13.2 Å². The summed E-state index contributed by atoms with van der Waals surface area (Å²) in [5.74, 6) is 0.808. The van der Waals surface area contributed by atoms with Crippen LogP contribution in [0.2, 0.25) is 0 Å². The van der Waals surface area contributed by atoms with E-state index in [0.717, 1.165) is 25.7 Å². The molecule has 1 spiro atoms. The minimum atomic E-state index is -0.353. The monoisotopic (exact) mass is 365 g/mol. The second-order valence-corrected chi connectivity index (χ2v) is 7.50. The van der Waals surface area contributed by atoms with Gasteiger partial charge in [0, 0.05) is 27.7 Å². The van der Waals surface area contributed by atoms with E-state index in [4.69, 9.17) is 4.74 Å². The summed E-state index contributed by atoms with van der Waals surface area (Å²) in [5, 5.41) is 5.82. The van der Waals surface area contributed by atoms with Crippen LogP contribution in [0.1, 0.15) is 25.7 Å². The van der Waals surface area contributed by atoms with Gasteiger partial charge in [-0.25, -0.2) is 4.79 Å². The minimum Gasteiger partial charge on any atom is -0.441 e. The Balaban J connectivity index is 1.60. The van der Waals surface area contributed by atoms with E-state index in [1.54, 1.807) is 19.0 Å². The van der Waals surface area contributed by atoms with Gasteiger partial charge in [-0.1, -0.05) is 0 Å². The van der Waals surface area contributed by atoms with E-state index in [-0.39, 0.29) is 17.6 Å². The van der Waals surface area contributed by atoms with E-state index >= 15 is 0 Å². The molecule has 1 saturated heterocycles. The molecule has 0 aromatic heterocycles. The normalized spacial score (nSPS) is 27.9. The topological polar surface area (TPSA) is 94.2 Å². The zero-order valence-corrected chi connectivity index (χ0v) is 15.6. The summed E-state index contributed by atoms with van der Waals surface area (Å²) >= 11 is 0. The molecule has 144 valence electrons. The first-order chi connectivity index (χ1) is 12.3. The van der Waals surface area contributed by atoms with Crippen LogP contribution in [0.3, 0.4) is 0 Å². The number of nitrogens with zero attached hydrogens (tertiary/aromatic N) is 3. The molecule has 9 nitrogen and oxygen atoms in total. The van der Waals surface area contributed by atoms with Gasteiger partial charge in [0.2, 0.25) is 6.41 Å². The van der Waals surface area contributed by atoms with Crippen molar-refractivity contribution in [3.63, 3.8) is 0 Å². The third kappa shape index (κ3) is 3.42. The SMILES string of the molecule is CN(C=O)C1=C(C(=O)N(C)CC2CCC3(CC2)CNC(=O)O3)N(C)CN1. The third-order valence-corrected chi connectivity index (χ3v) is 5.56. The highest BCUT2D eigenvalue weighted by Crippen LogP contribution is 2.37. The predicted molar refractivity (Wildman–Crippen MR) is 93.4 cm³/mol. The molecule has 0 atom stereocenters. The molecule has 3 aliphatic rings. The number of carbonyl (C=O) groups is 3. The van der Waals surface area contributed by atoms with Crippen LogP contribution >= 0.6 is 0 Å². The molecular weight excluding hydrogens is 338 g/mol. The lowest BCUT2D eigenvalue weighted by molar-refractivity contribution is -0.128. The van der Waals surface area contributed by atoms with Crippen LogP contribution in [-0.4, -0.2) is 79.6 Å². The standard InChI is InChI=1S/C17H27N5O4/c1-20(15(24)13-14(22(3)11-23)19-10-21(13)2)8-12-4-6-17(7-5-12)9-18-16(25)26-17/h11-12,19H,4-10H2,1-3H3,(H,18,25). The van der Waals surface area contributed by atoms with Crippen molar-refractivity contribution < 1.29 is 19.1 Å². The van der Waals surface area contributed by atoms with Gasteiger partial charge in [0.25, 0.3) is 5.91 Å². The van der Waals surface area contributed by atoms with Crippen molar-refractivity contribution in [2.45, 2.75) is 31.3 Å². The van der Waals surface area contributed by atoms with E-state index in [1.165, 1.54) is 4.90 Å². The Morgan fingerprint density at radius 1 is 1.35 bits per heavy atom. The Morgan fingerprint density at radius 3 is 2.62 bits per heavy atom. The zero-order valence-electron chi connectivity index (χ0n) is 15.6. The lowest BCUT2D eigenvalue weighted by Crippen LogP contribution is -2.42. The first-order valence-electron chi connectivity index (χ1n) is 8.95. The second kappa shape index (κ2) is 7.05. The van der Waals surface area contributed by atoms with E-state index in [0.29, 0.717) is 43.6 Å². The molecule has 3 amide bonds. The Morgan fingerprint density at radius 2 is 2.04 bits per heavy atom. The van der Waals surface area contributed by atoms with Gasteiger partial charge >= 0.3 is 6.09 Å². The summed E-state index contributed by atoms with van der Waals surface area (Å²) in [7, 11) is 5.24. The van der Waals surface area contributed by atoms with Crippen LogP contribution < -0.4 is 10.6 Å². The number of ether oxygens (including phenoxy) is 1. The molecule has 2 fully saturated rings. The van der Waals surface area contributed by atoms with Crippen molar-refractivity contribution in [1.29, 1.82) is 0 Å². The van der Waals surface area contributed by atoms with Crippen LogP contribution in [0.5, 0.6) is 0 Å². The van der Waals surface area contributed by atoms with Crippen LogP contribution in [0, 0.1) is 5.92 Å².